The Morgan fingerprint density at radius 2 is 2.00 bits per heavy atom. The molecular weight excluding hydrogens is 446 g/mol. The molecule has 2 amide bonds. The van der Waals surface area contributed by atoms with E-state index < -0.39 is 15.9 Å². The molecule has 1 aliphatic heterocycles. The Morgan fingerprint density at radius 3 is 2.67 bits per heavy atom. The highest BCUT2D eigenvalue weighted by Crippen LogP contribution is 2.32. The van der Waals surface area contributed by atoms with Crippen molar-refractivity contribution in [1.29, 1.82) is 0 Å². The average Bonchev–Trinajstić information content (AvgIpc) is 3.30. The molecule has 0 atom stereocenters. The first kappa shape index (κ1) is 22.2. The number of rotatable bonds is 8. The highest BCUT2D eigenvalue weighted by atomic mass is 32.2. The summed E-state index contributed by atoms with van der Waals surface area (Å²) in [7, 11) is -3.85. The molecule has 158 valence electrons. The third-order valence-electron chi connectivity index (χ3n) is 4.13. The van der Waals surface area contributed by atoms with Crippen molar-refractivity contribution >= 4 is 56.2 Å². The molecule has 1 fully saturated rings. The first-order chi connectivity index (χ1) is 14.3. The van der Waals surface area contributed by atoms with E-state index in [2.05, 4.69) is 10.3 Å². The number of hydrazine groups is 1. The van der Waals surface area contributed by atoms with E-state index in [0.29, 0.717) is 21.4 Å². The van der Waals surface area contributed by atoms with Crippen LogP contribution in [0, 0.1) is 6.92 Å². The zero-order valence-corrected chi connectivity index (χ0v) is 18.4. The van der Waals surface area contributed by atoms with Crippen LogP contribution in [-0.2, 0) is 19.6 Å². The van der Waals surface area contributed by atoms with Crippen molar-refractivity contribution < 1.29 is 22.4 Å². The van der Waals surface area contributed by atoms with Crippen LogP contribution in [0.25, 0.3) is 6.08 Å². The topological polar surface area (TPSA) is 109 Å². The largest absolute Gasteiger partial charge is 0.465 e. The molecule has 11 heteroatoms. The minimum absolute atomic E-state index is 0.0186. The second kappa shape index (κ2) is 9.56. The molecule has 8 nitrogen and oxygen atoms in total. The summed E-state index contributed by atoms with van der Waals surface area (Å²) in [5.74, 6) is -0.208. The SMILES string of the molecule is Cc1ccc(S(=O)(=O)NNC(=O)CCCN2C(=O)C(=Cc3ccco3)SC2=S)cc1. The van der Waals surface area contributed by atoms with Gasteiger partial charge in [0.1, 0.15) is 10.1 Å². The van der Waals surface area contributed by atoms with Crippen LogP contribution in [0.3, 0.4) is 0 Å². The van der Waals surface area contributed by atoms with E-state index in [-0.39, 0.29) is 23.8 Å². The molecule has 1 aliphatic rings. The van der Waals surface area contributed by atoms with Gasteiger partial charge in [0, 0.05) is 19.0 Å². The Balaban J connectivity index is 1.47. The van der Waals surface area contributed by atoms with E-state index in [9.17, 15) is 18.0 Å². The van der Waals surface area contributed by atoms with Crippen molar-refractivity contribution in [1.82, 2.24) is 15.2 Å². The third kappa shape index (κ3) is 5.57. The number of furan rings is 1. The Hall–Kier alpha value is -2.47. The number of hydrogen-bond acceptors (Lipinski definition) is 7. The molecule has 0 aliphatic carbocycles. The third-order valence-corrected chi connectivity index (χ3v) is 6.77. The molecule has 3 rings (SSSR count). The van der Waals surface area contributed by atoms with E-state index in [1.807, 2.05) is 6.92 Å². The summed E-state index contributed by atoms with van der Waals surface area (Å²) in [5.41, 5.74) is 3.10. The molecule has 2 N–H and O–H groups in total. The van der Waals surface area contributed by atoms with Crippen LogP contribution in [-0.4, -0.2) is 36.0 Å². The maximum Gasteiger partial charge on any atom is 0.266 e. The van der Waals surface area contributed by atoms with Gasteiger partial charge in [0.05, 0.1) is 16.1 Å². The number of nitrogens with zero attached hydrogens (tertiary/aromatic N) is 1. The lowest BCUT2D eigenvalue weighted by Crippen LogP contribution is -2.41. The Kier molecular flexibility index (Phi) is 7.08. The second-order valence-electron chi connectivity index (χ2n) is 6.42. The summed E-state index contributed by atoms with van der Waals surface area (Å²) in [6.45, 7) is 2.09. The van der Waals surface area contributed by atoms with Gasteiger partial charge in [0.2, 0.25) is 5.91 Å². The maximum absolute atomic E-state index is 12.5. The zero-order chi connectivity index (χ0) is 21.7. The molecule has 0 radical (unpaired) electrons. The summed E-state index contributed by atoms with van der Waals surface area (Å²) < 4.78 is 29.9. The average molecular weight is 466 g/mol. The number of sulfonamides is 1. The minimum Gasteiger partial charge on any atom is -0.465 e. The molecule has 1 saturated heterocycles. The number of thioether (sulfide) groups is 1. The molecule has 0 unspecified atom stereocenters. The highest BCUT2D eigenvalue weighted by Gasteiger charge is 2.31. The van der Waals surface area contributed by atoms with Gasteiger partial charge in [-0.05, 0) is 37.6 Å². The van der Waals surface area contributed by atoms with Gasteiger partial charge >= 0.3 is 0 Å². The van der Waals surface area contributed by atoms with Gasteiger partial charge in [-0.1, -0.05) is 41.7 Å². The van der Waals surface area contributed by atoms with Crippen molar-refractivity contribution in [2.75, 3.05) is 6.54 Å². The molecule has 0 saturated carbocycles. The smallest absolute Gasteiger partial charge is 0.266 e. The minimum atomic E-state index is -3.85. The van der Waals surface area contributed by atoms with Crippen molar-refractivity contribution in [3.8, 4) is 0 Å². The Bertz CT molecular complexity index is 1080. The number of nitrogens with one attached hydrogen (secondary N) is 2. The summed E-state index contributed by atoms with van der Waals surface area (Å²) in [6.07, 6.45) is 3.47. The summed E-state index contributed by atoms with van der Waals surface area (Å²) in [6, 6.07) is 9.69. The molecule has 0 spiro atoms. The van der Waals surface area contributed by atoms with Gasteiger partial charge in [-0.15, -0.1) is 4.83 Å². The van der Waals surface area contributed by atoms with Gasteiger partial charge in [-0.2, -0.15) is 0 Å². The lowest BCUT2D eigenvalue weighted by atomic mass is 10.2. The second-order valence-corrected chi connectivity index (χ2v) is 9.78. The summed E-state index contributed by atoms with van der Waals surface area (Å²) in [5, 5.41) is 0. The van der Waals surface area contributed by atoms with E-state index in [0.717, 1.165) is 5.56 Å². The van der Waals surface area contributed by atoms with E-state index in [1.165, 1.54) is 35.1 Å². The molecule has 2 heterocycles. The molecule has 2 aromatic rings. The standard InChI is InChI=1S/C19H19N3O5S3/c1-13-6-8-15(9-7-13)30(25,26)21-20-17(23)5-2-10-22-18(24)16(29-19(22)28)12-14-4-3-11-27-14/h3-4,6-9,11-12,21H,2,5,10H2,1H3,(H,20,23). The molecule has 0 bridgehead atoms. The molecule has 1 aromatic carbocycles. The number of hydrogen-bond donors (Lipinski definition) is 2. The summed E-state index contributed by atoms with van der Waals surface area (Å²) >= 11 is 6.40. The van der Waals surface area contributed by atoms with E-state index in [1.54, 1.807) is 30.3 Å². The summed E-state index contributed by atoms with van der Waals surface area (Å²) in [4.78, 5) is 28.4. The van der Waals surface area contributed by atoms with Crippen LogP contribution >= 0.6 is 24.0 Å². The van der Waals surface area contributed by atoms with Crippen molar-refractivity contribution in [2.45, 2.75) is 24.7 Å². The lowest BCUT2D eigenvalue weighted by Gasteiger charge is -2.14. The van der Waals surface area contributed by atoms with Gasteiger partial charge in [-0.25, -0.2) is 8.42 Å². The van der Waals surface area contributed by atoms with Gasteiger partial charge in [0.15, 0.2) is 0 Å². The lowest BCUT2D eigenvalue weighted by molar-refractivity contribution is -0.124. The van der Waals surface area contributed by atoms with Crippen LogP contribution < -0.4 is 10.3 Å². The normalized spacial score (nSPS) is 15.8. The van der Waals surface area contributed by atoms with Crippen molar-refractivity contribution in [3.63, 3.8) is 0 Å². The van der Waals surface area contributed by atoms with E-state index in [4.69, 9.17) is 16.6 Å². The number of benzene rings is 1. The highest BCUT2D eigenvalue weighted by molar-refractivity contribution is 8.26. The van der Waals surface area contributed by atoms with E-state index >= 15 is 0 Å². The monoisotopic (exact) mass is 465 g/mol. The first-order valence-corrected chi connectivity index (χ1v) is 11.6. The number of thiocarbonyl (C=S) groups is 1. The fourth-order valence-electron chi connectivity index (χ4n) is 2.56. The number of amides is 2. The predicted octanol–water partition coefficient (Wildman–Crippen LogP) is 2.58. The van der Waals surface area contributed by atoms with Crippen LogP contribution in [0.1, 0.15) is 24.2 Å². The quantitative estimate of drug-likeness (QED) is 0.350. The van der Waals surface area contributed by atoms with Gasteiger partial charge in [-0.3, -0.25) is 19.9 Å². The van der Waals surface area contributed by atoms with Crippen LogP contribution in [0.4, 0.5) is 0 Å². The fraction of sp³-hybridized carbons (Fsp3) is 0.211. The number of aryl methyl sites for hydroxylation is 1. The maximum atomic E-state index is 12.5. The predicted molar refractivity (Wildman–Crippen MR) is 117 cm³/mol. The Morgan fingerprint density at radius 1 is 1.27 bits per heavy atom. The van der Waals surface area contributed by atoms with Crippen LogP contribution in [0.15, 0.2) is 56.9 Å². The zero-order valence-electron chi connectivity index (χ0n) is 16.0. The molecular formula is C19H19N3O5S3. The van der Waals surface area contributed by atoms with Gasteiger partial charge in [0.25, 0.3) is 15.9 Å². The van der Waals surface area contributed by atoms with Crippen molar-refractivity contribution in [3.05, 3.63) is 58.9 Å². The Labute approximate surface area is 183 Å². The van der Waals surface area contributed by atoms with Crippen molar-refractivity contribution in [2.24, 2.45) is 0 Å². The van der Waals surface area contributed by atoms with Crippen LogP contribution in [0.2, 0.25) is 0 Å². The number of carbonyl (C=O) groups is 2. The van der Waals surface area contributed by atoms with Gasteiger partial charge < -0.3 is 4.42 Å². The molecule has 1 aromatic heterocycles. The number of carbonyl (C=O) groups excluding carboxylic acids is 2. The fourth-order valence-corrected chi connectivity index (χ4v) is 4.71. The van der Waals surface area contributed by atoms with Crippen LogP contribution in [0.5, 0.6) is 0 Å². The molecule has 30 heavy (non-hydrogen) atoms. The first-order valence-electron chi connectivity index (χ1n) is 8.92.